The number of para-hydroxylation sites is 1. The molecule has 0 radical (unpaired) electrons. The standard InChI is InChI=1S/C42H47N7O5S/c1-25-29(17-44-49(25)24-41-19-39(2)18-40(3,20-41)22-42(21-39,23-41)54-16-14-43)27-11-12-33(46-34(27)37(52)53)48-15-13-26-28(7-6-9-31(26)50)35(48)36(51)47-38-45-30-8-4-5-10-32(30)55-38/h4-12,17,35,50H,13-16,18-24,43H2,1-3H3,(H,52,53)(H,45,47,51). The number of fused-ring (bicyclic) bond motifs is 2. The van der Waals surface area contributed by atoms with Crippen molar-refractivity contribution in [1.82, 2.24) is 19.7 Å². The minimum Gasteiger partial charge on any atom is -0.508 e. The van der Waals surface area contributed by atoms with Crippen LogP contribution in [0.4, 0.5) is 10.9 Å². The Labute approximate surface area is 323 Å². The number of carboxylic acid groups (broad SMARTS) is 1. The number of phenols is 1. The van der Waals surface area contributed by atoms with Gasteiger partial charge in [-0.3, -0.25) is 14.8 Å². The van der Waals surface area contributed by atoms with E-state index in [2.05, 4.69) is 28.8 Å². The fourth-order valence-corrected chi connectivity index (χ4v) is 12.8. The molecule has 3 unspecified atom stereocenters. The molecule has 5 aliphatic rings. The molecule has 0 spiro atoms. The summed E-state index contributed by atoms with van der Waals surface area (Å²) in [5.74, 6) is -1.06. The van der Waals surface area contributed by atoms with Gasteiger partial charge in [-0.1, -0.05) is 49.4 Å². The molecule has 2 aromatic carbocycles. The zero-order valence-electron chi connectivity index (χ0n) is 31.5. The molecule has 13 heteroatoms. The number of carboxylic acids is 1. The molecule has 10 rings (SSSR count). The molecule has 3 aromatic heterocycles. The van der Waals surface area contributed by atoms with E-state index in [1.54, 1.807) is 30.5 Å². The minimum absolute atomic E-state index is 0.0125. The molecule has 4 bridgehead atoms. The number of anilines is 2. The van der Waals surface area contributed by atoms with Crippen LogP contribution < -0.4 is 16.0 Å². The van der Waals surface area contributed by atoms with Gasteiger partial charge in [-0.15, -0.1) is 0 Å². The van der Waals surface area contributed by atoms with Crippen molar-refractivity contribution in [3.8, 4) is 16.9 Å². The number of hydrogen-bond acceptors (Lipinski definition) is 10. The number of carbonyl (C=O) groups excluding carboxylic acids is 1. The number of phenolic OH excluding ortho intramolecular Hbond substituents is 1. The van der Waals surface area contributed by atoms with Crippen LogP contribution in [0.2, 0.25) is 0 Å². The molecule has 286 valence electrons. The van der Waals surface area contributed by atoms with Gasteiger partial charge in [0.05, 0.1) is 28.6 Å². The number of thiazole rings is 1. The van der Waals surface area contributed by atoms with Crippen molar-refractivity contribution >= 4 is 44.4 Å². The SMILES string of the molecule is Cc1c(-c2ccc(N3CCc4c(O)cccc4C3C(=O)Nc3nc4ccccc4s3)nc2C(=O)O)cnn1CC12CC3(C)CC(C)(C1)CC(OCCN)(C3)C2. The number of nitrogens with two attached hydrogens (primary N) is 1. The van der Waals surface area contributed by atoms with Crippen molar-refractivity contribution in [3.63, 3.8) is 0 Å². The first kappa shape index (κ1) is 35.8. The van der Waals surface area contributed by atoms with Gasteiger partial charge in [-0.25, -0.2) is 14.8 Å². The highest BCUT2D eigenvalue weighted by Crippen LogP contribution is 2.72. The summed E-state index contributed by atoms with van der Waals surface area (Å²) < 4.78 is 9.61. The molecule has 4 heterocycles. The molecule has 5 aromatic rings. The number of benzene rings is 2. The Morgan fingerprint density at radius 3 is 2.51 bits per heavy atom. The number of ether oxygens (including phenoxy) is 1. The molecular weight excluding hydrogens is 715 g/mol. The van der Waals surface area contributed by atoms with Crippen LogP contribution in [0.1, 0.15) is 85.7 Å². The lowest BCUT2D eigenvalue weighted by molar-refractivity contribution is -0.247. The summed E-state index contributed by atoms with van der Waals surface area (Å²) in [6, 6.07) is 15.5. The molecule has 5 N–H and O–H groups in total. The number of nitrogens with zero attached hydrogens (tertiary/aromatic N) is 5. The van der Waals surface area contributed by atoms with Crippen LogP contribution in [0.3, 0.4) is 0 Å². The predicted molar refractivity (Wildman–Crippen MR) is 211 cm³/mol. The lowest BCUT2D eigenvalue weighted by Gasteiger charge is -2.69. The zero-order valence-corrected chi connectivity index (χ0v) is 32.3. The summed E-state index contributed by atoms with van der Waals surface area (Å²) in [7, 11) is 0. The Morgan fingerprint density at radius 2 is 1.76 bits per heavy atom. The van der Waals surface area contributed by atoms with Gasteiger partial charge in [0, 0.05) is 42.0 Å². The van der Waals surface area contributed by atoms with Gasteiger partial charge >= 0.3 is 5.97 Å². The van der Waals surface area contributed by atoms with E-state index in [0.717, 1.165) is 54.6 Å². The maximum atomic E-state index is 14.2. The van der Waals surface area contributed by atoms with Crippen LogP contribution in [-0.4, -0.2) is 67.1 Å². The van der Waals surface area contributed by atoms with E-state index >= 15 is 0 Å². The Morgan fingerprint density at radius 1 is 0.982 bits per heavy atom. The van der Waals surface area contributed by atoms with Crippen molar-refractivity contribution in [2.24, 2.45) is 22.0 Å². The van der Waals surface area contributed by atoms with E-state index in [1.165, 1.54) is 17.8 Å². The first-order valence-electron chi connectivity index (χ1n) is 19.2. The van der Waals surface area contributed by atoms with Gasteiger partial charge in [0.25, 0.3) is 5.91 Å². The summed E-state index contributed by atoms with van der Waals surface area (Å²) >= 11 is 1.38. The molecule has 55 heavy (non-hydrogen) atoms. The number of nitrogens with one attached hydrogen (secondary N) is 1. The number of aromatic nitrogens is 4. The quantitative estimate of drug-likeness (QED) is 0.115. The summed E-state index contributed by atoms with van der Waals surface area (Å²) in [6.07, 6.45) is 8.73. The van der Waals surface area contributed by atoms with E-state index in [9.17, 15) is 19.8 Å². The molecule has 4 aliphatic carbocycles. The molecule has 3 atom stereocenters. The first-order chi connectivity index (χ1) is 26.3. The van der Waals surface area contributed by atoms with Crippen LogP contribution in [0, 0.1) is 23.2 Å². The van der Waals surface area contributed by atoms with Gasteiger partial charge in [0.1, 0.15) is 17.6 Å². The number of amides is 1. The second-order valence-corrected chi connectivity index (χ2v) is 18.4. The Balaban J connectivity index is 1.04. The van der Waals surface area contributed by atoms with Gasteiger partial charge in [0.2, 0.25) is 0 Å². The third-order valence-electron chi connectivity index (χ3n) is 12.6. The molecule has 1 amide bonds. The maximum Gasteiger partial charge on any atom is 0.355 e. The Kier molecular flexibility index (Phi) is 8.37. The number of aromatic carboxylic acids is 1. The number of pyridine rings is 1. The smallest absolute Gasteiger partial charge is 0.355 e. The van der Waals surface area contributed by atoms with E-state index in [1.807, 2.05) is 42.2 Å². The third kappa shape index (κ3) is 6.16. The van der Waals surface area contributed by atoms with Crippen LogP contribution in [0.5, 0.6) is 5.75 Å². The van der Waals surface area contributed by atoms with Crippen LogP contribution in [0.25, 0.3) is 21.3 Å². The van der Waals surface area contributed by atoms with E-state index < -0.39 is 12.0 Å². The van der Waals surface area contributed by atoms with Gasteiger partial charge in [0.15, 0.2) is 10.8 Å². The van der Waals surface area contributed by atoms with Gasteiger partial charge in [-0.05, 0) is 104 Å². The first-order valence-corrected chi connectivity index (χ1v) is 20.0. The molecule has 12 nitrogen and oxygen atoms in total. The number of rotatable bonds is 10. The maximum absolute atomic E-state index is 14.2. The third-order valence-corrected chi connectivity index (χ3v) is 13.6. The van der Waals surface area contributed by atoms with E-state index in [-0.39, 0.29) is 39.2 Å². The number of carbonyl (C=O) groups is 2. The van der Waals surface area contributed by atoms with E-state index in [4.69, 9.17) is 20.6 Å². The van der Waals surface area contributed by atoms with Gasteiger partial charge in [-0.2, -0.15) is 5.10 Å². The molecule has 4 fully saturated rings. The van der Waals surface area contributed by atoms with Gasteiger partial charge < -0.3 is 25.6 Å². The molecule has 0 saturated heterocycles. The largest absolute Gasteiger partial charge is 0.508 e. The van der Waals surface area contributed by atoms with E-state index in [0.29, 0.717) is 59.3 Å². The summed E-state index contributed by atoms with van der Waals surface area (Å²) in [5.41, 5.74) is 10.2. The highest BCUT2D eigenvalue weighted by Gasteiger charge is 2.66. The Hall–Kier alpha value is -4.85. The van der Waals surface area contributed by atoms with Crippen molar-refractivity contribution in [1.29, 1.82) is 0 Å². The zero-order chi connectivity index (χ0) is 38.3. The summed E-state index contributed by atoms with van der Waals surface area (Å²) in [4.78, 5) is 38.3. The topological polar surface area (TPSA) is 169 Å². The summed E-state index contributed by atoms with van der Waals surface area (Å²) in [5, 5.41) is 29.7. The fourth-order valence-electron chi connectivity index (χ4n) is 11.9. The lowest BCUT2D eigenvalue weighted by atomic mass is 9.39. The Bertz CT molecular complexity index is 2300. The summed E-state index contributed by atoms with van der Waals surface area (Å²) in [6.45, 7) is 8.99. The van der Waals surface area contributed by atoms with Crippen LogP contribution in [0.15, 0.2) is 60.8 Å². The normalized spacial score (nSPS) is 28.1. The minimum atomic E-state index is -1.17. The fraction of sp³-hybridized carbons (Fsp3) is 0.452. The lowest BCUT2D eigenvalue weighted by Crippen LogP contribution is -2.64. The number of aromatic hydroxyl groups is 1. The average molecular weight is 762 g/mol. The molecular formula is C42H47N7O5S. The van der Waals surface area contributed by atoms with Crippen LogP contribution in [-0.2, 0) is 22.5 Å². The molecule has 4 saturated carbocycles. The highest BCUT2D eigenvalue weighted by atomic mass is 32.1. The van der Waals surface area contributed by atoms with Crippen LogP contribution >= 0.6 is 11.3 Å². The highest BCUT2D eigenvalue weighted by molar-refractivity contribution is 7.22. The molecule has 1 aliphatic heterocycles. The van der Waals surface area contributed by atoms with Crippen molar-refractivity contribution < 1.29 is 24.5 Å². The van der Waals surface area contributed by atoms with Crippen molar-refractivity contribution in [3.05, 3.63) is 83.3 Å². The predicted octanol–water partition coefficient (Wildman–Crippen LogP) is 7.10. The van der Waals surface area contributed by atoms with Crippen molar-refractivity contribution in [2.75, 3.05) is 29.9 Å². The average Bonchev–Trinajstić information content (AvgIpc) is 3.70. The number of hydrogen-bond donors (Lipinski definition) is 4. The second-order valence-electron chi connectivity index (χ2n) is 17.3. The monoisotopic (exact) mass is 761 g/mol. The second kappa shape index (κ2) is 12.9. The van der Waals surface area contributed by atoms with Crippen molar-refractivity contribution in [2.45, 2.75) is 83.9 Å².